The Bertz CT molecular complexity index is 1550. The van der Waals surface area contributed by atoms with Crippen molar-refractivity contribution in [1.82, 2.24) is 24.4 Å². The zero-order valence-corrected chi connectivity index (χ0v) is 22.5. The lowest BCUT2D eigenvalue weighted by Crippen LogP contribution is -2.39. The van der Waals surface area contributed by atoms with Gasteiger partial charge < -0.3 is 10.4 Å². The first-order valence-electron chi connectivity index (χ1n) is 13.4. The van der Waals surface area contributed by atoms with Crippen LogP contribution in [-0.2, 0) is 13.0 Å². The molecule has 0 unspecified atom stereocenters. The molecule has 0 aliphatic heterocycles. The van der Waals surface area contributed by atoms with Gasteiger partial charge >= 0.3 is 5.69 Å². The minimum Gasteiger partial charge on any atom is -0.396 e. The molecule has 1 fully saturated rings. The molecule has 0 atom stereocenters. The molecular formula is C29H30ClF2N5O3. The zero-order chi connectivity index (χ0) is 28.2. The second kappa shape index (κ2) is 12.3. The summed E-state index contributed by atoms with van der Waals surface area (Å²) >= 11 is 5.90. The normalized spacial score (nSPS) is 17.4. The lowest BCUT2D eigenvalue weighted by molar-refractivity contribution is 0.0904. The van der Waals surface area contributed by atoms with Crippen LogP contribution in [0.1, 0.15) is 60.1 Å². The van der Waals surface area contributed by atoms with Gasteiger partial charge in [0.2, 0.25) is 0 Å². The number of amides is 1. The van der Waals surface area contributed by atoms with Gasteiger partial charge in [-0.3, -0.25) is 14.3 Å². The molecule has 210 valence electrons. The molecule has 5 rings (SSSR count). The molecule has 1 aliphatic rings. The van der Waals surface area contributed by atoms with Gasteiger partial charge in [-0.1, -0.05) is 29.8 Å². The van der Waals surface area contributed by atoms with E-state index in [4.69, 9.17) is 16.7 Å². The van der Waals surface area contributed by atoms with Gasteiger partial charge in [0.15, 0.2) is 0 Å². The van der Waals surface area contributed by atoms with E-state index in [2.05, 4.69) is 15.3 Å². The number of aliphatic hydroxyl groups is 1. The second-order valence-electron chi connectivity index (χ2n) is 10.1. The Hall–Kier alpha value is -3.63. The molecule has 1 aromatic carbocycles. The van der Waals surface area contributed by atoms with Crippen molar-refractivity contribution in [3.8, 4) is 5.82 Å². The van der Waals surface area contributed by atoms with E-state index >= 15 is 0 Å². The van der Waals surface area contributed by atoms with Crippen molar-refractivity contribution < 1.29 is 18.7 Å². The summed E-state index contributed by atoms with van der Waals surface area (Å²) in [6, 6.07) is 12.4. The number of hydrogen-bond acceptors (Lipinski definition) is 5. The number of benzene rings is 1. The highest BCUT2D eigenvalue weighted by Crippen LogP contribution is 2.28. The minimum absolute atomic E-state index is 0.113. The van der Waals surface area contributed by atoms with Gasteiger partial charge in [-0.25, -0.2) is 23.1 Å². The SMILES string of the molecule is O=C(NC1CCC(Cn2c(=O)n(-c3ccc(CCCO)cn3)c3ccccc32)CC1)c1cc(Cl)cnc1C(F)F. The van der Waals surface area contributed by atoms with Crippen LogP contribution in [0.4, 0.5) is 8.78 Å². The van der Waals surface area contributed by atoms with Crippen molar-refractivity contribution >= 4 is 28.5 Å². The fourth-order valence-corrected chi connectivity index (χ4v) is 5.56. The summed E-state index contributed by atoms with van der Waals surface area (Å²) in [7, 11) is 0. The van der Waals surface area contributed by atoms with E-state index in [9.17, 15) is 18.4 Å². The van der Waals surface area contributed by atoms with Crippen LogP contribution >= 0.6 is 11.6 Å². The van der Waals surface area contributed by atoms with E-state index in [-0.39, 0.29) is 34.8 Å². The van der Waals surface area contributed by atoms with Crippen molar-refractivity contribution in [3.63, 3.8) is 0 Å². The lowest BCUT2D eigenvalue weighted by Gasteiger charge is -2.29. The molecule has 1 aliphatic carbocycles. The third-order valence-electron chi connectivity index (χ3n) is 7.46. The van der Waals surface area contributed by atoms with Crippen LogP contribution in [0.25, 0.3) is 16.9 Å². The van der Waals surface area contributed by atoms with Gasteiger partial charge in [-0.05, 0) is 74.3 Å². The van der Waals surface area contributed by atoms with Crippen molar-refractivity contribution in [2.45, 2.75) is 57.5 Å². The van der Waals surface area contributed by atoms with Crippen LogP contribution < -0.4 is 11.0 Å². The van der Waals surface area contributed by atoms with Gasteiger partial charge in [-0.15, -0.1) is 0 Å². The Kier molecular flexibility index (Phi) is 8.56. The van der Waals surface area contributed by atoms with Crippen molar-refractivity contribution in [1.29, 1.82) is 0 Å². The first kappa shape index (κ1) is 27.9. The molecule has 1 amide bonds. The number of hydrogen-bond donors (Lipinski definition) is 2. The molecule has 0 radical (unpaired) electrons. The number of para-hydroxylation sites is 2. The Labute approximate surface area is 234 Å². The monoisotopic (exact) mass is 569 g/mol. The number of aromatic nitrogens is 4. The van der Waals surface area contributed by atoms with Crippen molar-refractivity contribution in [2.24, 2.45) is 5.92 Å². The Balaban J connectivity index is 1.28. The molecule has 11 heteroatoms. The van der Waals surface area contributed by atoms with Crippen molar-refractivity contribution in [3.05, 3.63) is 87.2 Å². The molecule has 2 N–H and O–H groups in total. The van der Waals surface area contributed by atoms with Crippen LogP contribution in [0.5, 0.6) is 0 Å². The van der Waals surface area contributed by atoms with E-state index in [0.29, 0.717) is 38.0 Å². The topological polar surface area (TPSA) is 102 Å². The van der Waals surface area contributed by atoms with Crippen molar-refractivity contribution in [2.75, 3.05) is 6.61 Å². The third kappa shape index (κ3) is 5.93. The number of nitrogens with one attached hydrogen (secondary N) is 1. The van der Waals surface area contributed by atoms with E-state index < -0.39 is 18.0 Å². The summed E-state index contributed by atoms with van der Waals surface area (Å²) in [4.78, 5) is 34.5. The van der Waals surface area contributed by atoms with Crippen LogP contribution in [0.2, 0.25) is 5.02 Å². The summed E-state index contributed by atoms with van der Waals surface area (Å²) in [5.74, 6) is 0.143. The van der Waals surface area contributed by atoms with Crippen LogP contribution in [0.3, 0.4) is 0 Å². The summed E-state index contributed by atoms with van der Waals surface area (Å²) in [5.41, 5.74) is 1.63. The molecule has 1 saturated carbocycles. The van der Waals surface area contributed by atoms with Gasteiger partial charge in [0.1, 0.15) is 11.5 Å². The van der Waals surface area contributed by atoms with E-state index in [1.807, 2.05) is 36.4 Å². The summed E-state index contributed by atoms with van der Waals surface area (Å²) in [6.45, 7) is 0.636. The minimum atomic E-state index is -2.88. The fraction of sp³-hybridized carbons (Fsp3) is 0.379. The van der Waals surface area contributed by atoms with E-state index in [1.54, 1.807) is 15.3 Å². The molecule has 0 saturated heterocycles. The van der Waals surface area contributed by atoms with E-state index in [1.165, 1.54) is 6.07 Å². The average Bonchev–Trinajstić information content (AvgIpc) is 3.23. The van der Waals surface area contributed by atoms with E-state index in [0.717, 1.165) is 35.6 Å². The Morgan fingerprint density at radius 2 is 1.82 bits per heavy atom. The number of pyridine rings is 2. The van der Waals surface area contributed by atoms with Gasteiger partial charge in [0.25, 0.3) is 12.3 Å². The number of halogens is 3. The predicted octanol–water partition coefficient (Wildman–Crippen LogP) is 5.09. The predicted molar refractivity (Wildman–Crippen MR) is 148 cm³/mol. The molecule has 8 nitrogen and oxygen atoms in total. The smallest absolute Gasteiger partial charge is 0.334 e. The highest BCUT2D eigenvalue weighted by Gasteiger charge is 2.27. The van der Waals surface area contributed by atoms with Gasteiger partial charge in [0, 0.05) is 31.6 Å². The quantitative estimate of drug-likeness (QED) is 0.292. The maximum Gasteiger partial charge on any atom is 0.334 e. The first-order valence-corrected chi connectivity index (χ1v) is 13.7. The Morgan fingerprint density at radius 3 is 2.50 bits per heavy atom. The average molecular weight is 570 g/mol. The van der Waals surface area contributed by atoms with Crippen LogP contribution in [0.15, 0.2) is 59.7 Å². The largest absolute Gasteiger partial charge is 0.396 e. The highest BCUT2D eigenvalue weighted by atomic mass is 35.5. The van der Waals surface area contributed by atoms with Crippen LogP contribution in [-0.4, -0.2) is 42.8 Å². The molecule has 0 bridgehead atoms. The standard InChI is InChI=1S/C29H30ClF2N5O3/c30-20-14-22(26(27(31)32)34-16-20)28(39)35-21-10-7-19(8-11-21)17-36-23-5-1-2-6-24(23)37(29(36)40)25-12-9-18(15-33-25)4-3-13-38/h1-2,5-6,9,12,14-16,19,21,27,38H,3-4,7-8,10-11,13,17H2,(H,35,39). The summed E-state index contributed by atoms with van der Waals surface area (Å²) in [6.07, 6.45) is 4.20. The maximum atomic E-state index is 13.6. The van der Waals surface area contributed by atoms with Crippen LogP contribution in [0, 0.1) is 5.92 Å². The molecule has 4 aromatic rings. The number of carbonyl (C=O) groups excluding carboxylic acids is 1. The molecular weight excluding hydrogens is 540 g/mol. The number of rotatable bonds is 9. The number of imidazole rings is 1. The number of fused-ring (bicyclic) bond motifs is 1. The molecule has 3 heterocycles. The number of aliphatic hydroxyl groups excluding tert-OH is 1. The number of nitrogens with zero attached hydrogens (tertiary/aromatic N) is 4. The first-order chi connectivity index (χ1) is 19.4. The molecule has 3 aromatic heterocycles. The zero-order valence-electron chi connectivity index (χ0n) is 21.8. The number of aryl methyl sites for hydroxylation is 1. The summed E-state index contributed by atoms with van der Waals surface area (Å²) in [5, 5.41) is 12.1. The molecule has 40 heavy (non-hydrogen) atoms. The third-order valence-corrected chi connectivity index (χ3v) is 7.66. The second-order valence-corrected chi connectivity index (χ2v) is 10.6. The Morgan fingerprint density at radius 1 is 1.07 bits per heavy atom. The fourth-order valence-electron chi connectivity index (χ4n) is 5.40. The van der Waals surface area contributed by atoms with Gasteiger partial charge in [0.05, 0.1) is 21.6 Å². The molecule has 0 spiro atoms. The highest BCUT2D eigenvalue weighted by molar-refractivity contribution is 6.30. The van der Waals surface area contributed by atoms with Gasteiger partial charge in [-0.2, -0.15) is 0 Å². The number of alkyl halides is 2. The summed E-state index contributed by atoms with van der Waals surface area (Å²) < 4.78 is 30.1. The number of carbonyl (C=O) groups is 1. The maximum absolute atomic E-state index is 13.6. The lowest BCUT2D eigenvalue weighted by atomic mass is 9.85.